The largest absolute Gasteiger partial charge is 0.480 e. The van der Waals surface area contributed by atoms with Crippen molar-refractivity contribution in [2.45, 2.75) is 17.5 Å². The third kappa shape index (κ3) is 1.94. The van der Waals surface area contributed by atoms with Gasteiger partial charge in [-0.05, 0) is 16.7 Å². The summed E-state index contributed by atoms with van der Waals surface area (Å²) in [6, 6.07) is 3.67. The van der Waals surface area contributed by atoms with Gasteiger partial charge in [-0.25, -0.2) is 8.42 Å². The van der Waals surface area contributed by atoms with Gasteiger partial charge in [0.2, 0.25) is 0 Å². The molecule has 3 N–H and O–H groups in total. The predicted molar refractivity (Wildman–Crippen MR) is 57.3 cm³/mol. The molecule has 5 nitrogen and oxygen atoms in total. The van der Waals surface area contributed by atoms with Crippen LogP contribution in [0.5, 0.6) is 0 Å². The molecule has 1 aliphatic rings. The Bertz CT molecular complexity index is 550. The molecule has 6 heteroatoms. The number of benzene rings is 1. The Morgan fingerprint density at radius 2 is 1.94 bits per heavy atom. The predicted octanol–water partition coefficient (Wildman–Crippen LogP) is 0.199. The summed E-state index contributed by atoms with van der Waals surface area (Å²) in [6.45, 7) is 0. The summed E-state index contributed by atoms with van der Waals surface area (Å²) in [6.07, 6.45) is 0. The molecular weight excluding hydrogens is 230 g/mol. The van der Waals surface area contributed by atoms with Crippen molar-refractivity contribution in [1.82, 2.24) is 0 Å². The van der Waals surface area contributed by atoms with Crippen LogP contribution in [0.4, 0.5) is 0 Å². The number of rotatable bonds is 2. The fourth-order valence-electron chi connectivity index (χ4n) is 1.78. The smallest absolute Gasteiger partial charge is 0.325 e. The maximum Gasteiger partial charge on any atom is 0.325 e. The number of hydrogen-bond acceptors (Lipinski definition) is 4. The van der Waals surface area contributed by atoms with E-state index in [9.17, 15) is 13.2 Å². The van der Waals surface area contributed by atoms with Crippen LogP contribution < -0.4 is 5.73 Å². The lowest BCUT2D eigenvalue weighted by atomic mass is 10.0. The van der Waals surface area contributed by atoms with Gasteiger partial charge >= 0.3 is 5.97 Å². The van der Waals surface area contributed by atoms with Crippen molar-refractivity contribution in [2.24, 2.45) is 5.73 Å². The van der Waals surface area contributed by atoms with E-state index in [1.165, 1.54) is 0 Å². The highest BCUT2D eigenvalue weighted by Gasteiger charge is 2.26. The second-order valence-electron chi connectivity index (χ2n) is 3.88. The van der Waals surface area contributed by atoms with E-state index in [0.29, 0.717) is 11.1 Å². The molecule has 2 rings (SSSR count). The molecule has 0 fully saturated rings. The molecule has 16 heavy (non-hydrogen) atoms. The van der Waals surface area contributed by atoms with E-state index in [-0.39, 0.29) is 11.5 Å². The Morgan fingerprint density at radius 1 is 1.31 bits per heavy atom. The van der Waals surface area contributed by atoms with Crippen molar-refractivity contribution >= 4 is 15.8 Å². The number of carboxylic acids is 1. The Morgan fingerprint density at radius 3 is 2.56 bits per heavy atom. The summed E-state index contributed by atoms with van der Waals surface area (Å²) in [5.74, 6) is -1.12. The van der Waals surface area contributed by atoms with Gasteiger partial charge in [-0.2, -0.15) is 0 Å². The first-order valence-electron chi connectivity index (χ1n) is 4.69. The number of fused-ring (bicyclic) bond motifs is 1. The van der Waals surface area contributed by atoms with Gasteiger partial charge in [0.25, 0.3) is 0 Å². The zero-order valence-electron chi connectivity index (χ0n) is 8.38. The summed E-state index contributed by atoms with van der Waals surface area (Å²) in [5.41, 5.74) is 7.28. The van der Waals surface area contributed by atoms with Crippen LogP contribution in [0.3, 0.4) is 0 Å². The number of aliphatic carboxylic acids is 1. The minimum atomic E-state index is -3.06. The fraction of sp³-hybridized carbons (Fsp3) is 0.300. The highest BCUT2D eigenvalue weighted by atomic mass is 32.2. The maximum atomic E-state index is 11.4. The highest BCUT2D eigenvalue weighted by Crippen LogP contribution is 2.27. The van der Waals surface area contributed by atoms with Gasteiger partial charge in [-0.3, -0.25) is 4.79 Å². The molecule has 1 unspecified atom stereocenters. The molecule has 1 aliphatic heterocycles. The second-order valence-corrected chi connectivity index (χ2v) is 5.94. The first-order chi connectivity index (χ1) is 7.39. The van der Waals surface area contributed by atoms with Gasteiger partial charge in [0.1, 0.15) is 6.04 Å². The average Bonchev–Trinajstić information content (AvgIpc) is 2.48. The van der Waals surface area contributed by atoms with Crippen LogP contribution in [0.1, 0.15) is 22.7 Å². The lowest BCUT2D eigenvalue weighted by molar-refractivity contribution is -0.138. The summed E-state index contributed by atoms with van der Waals surface area (Å²) in [7, 11) is -3.06. The zero-order valence-corrected chi connectivity index (χ0v) is 9.20. The van der Waals surface area contributed by atoms with Gasteiger partial charge in [0, 0.05) is 0 Å². The molecule has 0 aromatic heterocycles. The molecular formula is C10H11NO4S. The summed E-state index contributed by atoms with van der Waals surface area (Å²) >= 11 is 0. The van der Waals surface area contributed by atoms with Crippen LogP contribution >= 0.6 is 0 Å². The quantitative estimate of drug-likeness (QED) is 0.770. The van der Waals surface area contributed by atoms with Crippen LogP contribution in [0, 0.1) is 0 Å². The fourth-order valence-corrected chi connectivity index (χ4v) is 3.38. The first-order valence-corrected chi connectivity index (χ1v) is 6.52. The average molecular weight is 241 g/mol. The molecule has 0 saturated carbocycles. The third-order valence-electron chi connectivity index (χ3n) is 2.61. The maximum absolute atomic E-state index is 11.4. The van der Waals surface area contributed by atoms with Crippen LogP contribution in [-0.2, 0) is 26.1 Å². The number of sulfone groups is 1. The van der Waals surface area contributed by atoms with E-state index in [0.717, 1.165) is 5.56 Å². The molecule has 86 valence electrons. The van der Waals surface area contributed by atoms with Crippen LogP contribution in [-0.4, -0.2) is 19.5 Å². The first kappa shape index (κ1) is 11.1. The lowest BCUT2D eigenvalue weighted by Crippen LogP contribution is -2.20. The van der Waals surface area contributed by atoms with E-state index >= 15 is 0 Å². The zero-order chi connectivity index (χ0) is 11.9. The molecule has 1 heterocycles. The molecule has 0 radical (unpaired) electrons. The summed E-state index contributed by atoms with van der Waals surface area (Å²) < 4.78 is 22.7. The molecule has 1 atom stereocenters. The normalized spacial score (nSPS) is 19.1. The Hall–Kier alpha value is -1.40. The van der Waals surface area contributed by atoms with Crippen molar-refractivity contribution in [1.29, 1.82) is 0 Å². The molecule has 0 amide bonds. The standard InChI is InChI=1S/C10H11NO4S/c11-9(10(12)13)6-1-2-7-4-16(14,15)5-8(7)3-6/h1-3,9H,4-5,11H2,(H,12,13). The summed E-state index contributed by atoms with van der Waals surface area (Å²) in [4.78, 5) is 10.7. The van der Waals surface area contributed by atoms with E-state index in [1.807, 2.05) is 0 Å². The van der Waals surface area contributed by atoms with Crippen molar-refractivity contribution in [2.75, 3.05) is 0 Å². The number of hydrogen-bond donors (Lipinski definition) is 2. The van der Waals surface area contributed by atoms with E-state index in [1.54, 1.807) is 18.2 Å². The van der Waals surface area contributed by atoms with Crippen LogP contribution in [0.25, 0.3) is 0 Å². The topological polar surface area (TPSA) is 97.5 Å². The van der Waals surface area contributed by atoms with Gasteiger partial charge < -0.3 is 10.8 Å². The minimum Gasteiger partial charge on any atom is -0.480 e. The van der Waals surface area contributed by atoms with Gasteiger partial charge in [0.05, 0.1) is 11.5 Å². The van der Waals surface area contributed by atoms with E-state index in [4.69, 9.17) is 10.8 Å². The SMILES string of the molecule is NC(C(=O)O)c1ccc2c(c1)CS(=O)(=O)C2. The monoisotopic (exact) mass is 241 g/mol. The van der Waals surface area contributed by atoms with Gasteiger partial charge in [0.15, 0.2) is 9.84 Å². The Labute approximate surface area is 92.8 Å². The number of carbonyl (C=O) groups is 1. The van der Waals surface area contributed by atoms with Crippen molar-refractivity contribution in [3.05, 3.63) is 34.9 Å². The van der Waals surface area contributed by atoms with Crippen LogP contribution in [0.15, 0.2) is 18.2 Å². The van der Waals surface area contributed by atoms with E-state index < -0.39 is 21.8 Å². The molecule has 1 aromatic carbocycles. The van der Waals surface area contributed by atoms with Gasteiger partial charge in [-0.15, -0.1) is 0 Å². The number of carboxylic acid groups (broad SMARTS) is 1. The summed E-state index contributed by atoms with van der Waals surface area (Å²) in [5, 5.41) is 8.74. The third-order valence-corrected chi connectivity index (χ3v) is 4.11. The van der Waals surface area contributed by atoms with Gasteiger partial charge in [-0.1, -0.05) is 18.2 Å². The highest BCUT2D eigenvalue weighted by molar-refractivity contribution is 7.90. The van der Waals surface area contributed by atoms with E-state index in [2.05, 4.69) is 0 Å². The van der Waals surface area contributed by atoms with Crippen LogP contribution in [0.2, 0.25) is 0 Å². The Kier molecular flexibility index (Phi) is 2.47. The lowest BCUT2D eigenvalue weighted by Gasteiger charge is -2.07. The minimum absolute atomic E-state index is 0.0253. The Balaban J connectivity index is 2.40. The molecule has 0 saturated heterocycles. The molecule has 0 spiro atoms. The van der Waals surface area contributed by atoms with Crippen molar-refractivity contribution < 1.29 is 18.3 Å². The second kappa shape index (κ2) is 3.57. The molecule has 0 aliphatic carbocycles. The van der Waals surface area contributed by atoms with Crippen molar-refractivity contribution in [3.8, 4) is 0 Å². The molecule has 1 aromatic rings. The molecule has 0 bridgehead atoms. The number of nitrogens with two attached hydrogens (primary N) is 1. The van der Waals surface area contributed by atoms with Crippen molar-refractivity contribution in [3.63, 3.8) is 0 Å².